The minimum atomic E-state index is 0.767. The molecule has 0 saturated heterocycles. The normalized spacial score (nSPS) is 10.8. The Labute approximate surface area is 113 Å². The molecule has 104 valence electrons. The zero-order valence-electron chi connectivity index (χ0n) is 11.5. The maximum atomic E-state index is 5.02. The summed E-state index contributed by atoms with van der Waals surface area (Å²) >= 11 is 0. The van der Waals surface area contributed by atoms with Crippen LogP contribution in [-0.4, -0.2) is 39.6 Å². The lowest BCUT2D eigenvalue weighted by Crippen LogP contribution is -2.11. The van der Waals surface area contributed by atoms with Gasteiger partial charge in [-0.1, -0.05) is 0 Å². The molecule has 0 bridgehead atoms. The van der Waals surface area contributed by atoms with Crippen molar-refractivity contribution < 1.29 is 4.74 Å². The first-order valence-corrected chi connectivity index (χ1v) is 6.51. The van der Waals surface area contributed by atoms with Gasteiger partial charge in [-0.3, -0.25) is 4.68 Å². The molecule has 0 atom stereocenters. The minimum absolute atomic E-state index is 0.767. The van der Waals surface area contributed by atoms with Crippen LogP contribution in [0.3, 0.4) is 0 Å². The molecule has 0 amide bonds. The van der Waals surface area contributed by atoms with Crippen LogP contribution in [0, 0.1) is 0 Å². The highest BCUT2D eigenvalue weighted by atomic mass is 16.5. The smallest absolute Gasteiger partial charge is 0.202 e. The number of aromatic nitrogens is 4. The highest BCUT2D eigenvalue weighted by Crippen LogP contribution is 2.07. The summed E-state index contributed by atoms with van der Waals surface area (Å²) in [5.41, 5.74) is 1.24. The van der Waals surface area contributed by atoms with Crippen molar-refractivity contribution in [1.29, 1.82) is 0 Å². The van der Waals surface area contributed by atoms with Gasteiger partial charge in [0, 0.05) is 52.4 Å². The molecule has 0 aromatic carbocycles. The number of ether oxygens (including phenoxy) is 1. The van der Waals surface area contributed by atoms with Crippen molar-refractivity contribution in [2.45, 2.75) is 19.4 Å². The van der Waals surface area contributed by atoms with Crippen molar-refractivity contribution in [1.82, 2.24) is 19.3 Å². The largest absolute Gasteiger partial charge is 0.385 e. The van der Waals surface area contributed by atoms with E-state index in [0.717, 1.165) is 38.5 Å². The molecule has 0 aliphatic carbocycles. The van der Waals surface area contributed by atoms with E-state index in [-0.39, 0.29) is 0 Å². The number of nitrogens with zero attached hydrogens (tertiary/aromatic N) is 4. The molecule has 6 heteroatoms. The lowest BCUT2D eigenvalue weighted by atomic mass is 10.2. The van der Waals surface area contributed by atoms with Crippen LogP contribution in [0.5, 0.6) is 0 Å². The van der Waals surface area contributed by atoms with Crippen molar-refractivity contribution in [2.24, 2.45) is 7.05 Å². The van der Waals surface area contributed by atoms with Crippen LogP contribution in [0.25, 0.3) is 0 Å². The molecular formula is C13H21N5O. The van der Waals surface area contributed by atoms with Crippen molar-refractivity contribution in [3.63, 3.8) is 0 Å². The first-order valence-electron chi connectivity index (χ1n) is 6.51. The van der Waals surface area contributed by atoms with Gasteiger partial charge < -0.3 is 14.6 Å². The van der Waals surface area contributed by atoms with Gasteiger partial charge in [-0.25, -0.2) is 4.98 Å². The SMILES string of the molecule is COCCCNc1nccn1CCc1cnn(C)c1. The average Bonchev–Trinajstić information content (AvgIpc) is 3.01. The van der Waals surface area contributed by atoms with Crippen molar-refractivity contribution in [3.05, 3.63) is 30.4 Å². The third kappa shape index (κ3) is 4.10. The van der Waals surface area contributed by atoms with Gasteiger partial charge in [0.15, 0.2) is 0 Å². The molecular weight excluding hydrogens is 242 g/mol. The summed E-state index contributed by atoms with van der Waals surface area (Å²) in [5.74, 6) is 0.917. The average molecular weight is 263 g/mol. The van der Waals surface area contributed by atoms with Crippen LogP contribution in [-0.2, 0) is 24.8 Å². The highest BCUT2D eigenvalue weighted by molar-refractivity contribution is 5.25. The van der Waals surface area contributed by atoms with Gasteiger partial charge in [0.2, 0.25) is 5.95 Å². The van der Waals surface area contributed by atoms with E-state index >= 15 is 0 Å². The first-order chi connectivity index (χ1) is 9.29. The van der Waals surface area contributed by atoms with Gasteiger partial charge >= 0.3 is 0 Å². The van der Waals surface area contributed by atoms with E-state index in [9.17, 15) is 0 Å². The van der Waals surface area contributed by atoms with Crippen LogP contribution in [0.4, 0.5) is 5.95 Å². The molecule has 0 saturated carbocycles. The fourth-order valence-electron chi connectivity index (χ4n) is 1.92. The van der Waals surface area contributed by atoms with Crippen LogP contribution in [0.1, 0.15) is 12.0 Å². The first kappa shape index (κ1) is 13.6. The fourth-order valence-corrected chi connectivity index (χ4v) is 1.92. The van der Waals surface area contributed by atoms with Crippen LogP contribution in [0.15, 0.2) is 24.8 Å². The van der Waals surface area contributed by atoms with Gasteiger partial charge in [0.05, 0.1) is 6.20 Å². The van der Waals surface area contributed by atoms with Crippen molar-refractivity contribution in [3.8, 4) is 0 Å². The summed E-state index contributed by atoms with van der Waals surface area (Å²) in [7, 11) is 3.65. The predicted molar refractivity (Wildman–Crippen MR) is 74.1 cm³/mol. The van der Waals surface area contributed by atoms with Crippen LogP contribution < -0.4 is 5.32 Å². The van der Waals surface area contributed by atoms with Gasteiger partial charge in [-0.05, 0) is 18.4 Å². The molecule has 2 aromatic heterocycles. The Morgan fingerprint density at radius 3 is 3.05 bits per heavy atom. The summed E-state index contributed by atoms with van der Waals surface area (Å²) in [6, 6.07) is 0. The number of aryl methyl sites for hydroxylation is 3. The maximum absolute atomic E-state index is 5.02. The Kier molecular flexibility index (Phi) is 4.97. The molecule has 0 unspecified atom stereocenters. The van der Waals surface area contributed by atoms with E-state index in [1.54, 1.807) is 7.11 Å². The summed E-state index contributed by atoms with van der Waals surface area (Å²) in [5, 5.41) is 7.49. The van der Waals surface area contributed by atoms with E-state index < -0.39 is 0 Å². The number of hydrogen-bond donors (Lipinski definition) is 1. The summed E-state index contributed by atoms with van der Waals surface area (Å²) in [4.78, 5) is 4.32. The van der Waals surface area contributed by atoms with E-state index in [4.69, 9.17) is 4.74 Å². The molecule has 0 fully saturated rings. The molecule has 0 aliphatic heterocycles. The second-order valence-corrected chi connectivity index (χ2v) is 4.49. The van der Waals surface area contributed by atoms with E-state index in [2.05, 4.69) is 20.0 Å². The Hall–Kier alpha value is -1.82. The summed E-state index contributed by atoms with van der Waals surface area (Å²) in [6.45, 7) is 2.54. The Bertz CT molecular complexity index is 491. The predicted octanol–water partition coefficient (Wildman–Crippen LogP) is 1.31. The minimum Gasteiger partial charge on any atom is -0.385 e. The van der Waals surface area contributed by atoms with Crippen LogP contribution in [0.2, 0.25) is 0 Å². The molecule has 0 spiro atoms. The zero-order valence-corrected chi connectivity index (χ0v) is 11.5. The molecule has 6 nitrogen and oxygen atoms in total. The highest BCUT2D eigenvalue weighted by Gasteiger charge is 2.03. The van der Waals surface area contributed by atoms with Crippen molar-refractivity contribution >= 4 is 5.95 Å². The molecule has 1 N–H and O–H groups in total. The van der Waals surface area contributed by atoms with E-state index in [1.165, 1.54) is 5.56 Å². The van der Waals surface area contributed by atoms with Crippen molar-refractivity contribution in [2.75, 3.05) is 25.6 Å². The monoisotopic (exact) mass is 263 g/mol. The Balaban J connectivity index is 1.81. The fraction of sp³-hybridized carbons (Fsp3) is 0.538. The number of hydrogen-bond acceptors (Lipinski definition) is 4. The summed E-state index contributed by atoms with van der Waals surface area (Å²) in [6.07, 6.45) is 9.70. The maximum Gasteiger partial charge on any atom is 0.202 e. The van der Waals surface area contributed by atoms with E-state index in [1.807, 2.05) is 36.5 Å². The number of anilines is 1. The standard InChI is InChI=1S/C13H21N5O/c1-17-11-12(10-16-17)4-7-18-8-6-15-13(18)14-5-3-9-19-2/h6,8,10-11H,3-5,7,9H2,1-2H3,(H,14,15). The lowest BCUT2D eigenvalue weighted by Gasteiger charge is -2.09. The molecule has 2 aromatic rings. The topological polar surface area (TPSA) is 56.9 Å². The third-order valence-corrected chi connectivity index (χ3v) is 2.92. The third-order valence-electron chi connectivity index (χ3n) is 2.92. The Morgan fingerprint density at radius 2 is 2.32 bits per heavy atom. The molecule has 0 aliphatic rings. The molecule has 2 rings (SSSR count). The van der Waals surface area contributed by atoms with Gasteiger partial charge in [-0.15, -0.1) is 0 Å². The lowest BCUT2D eigenvalue weighted by molar-refractivity contribution is 0.197. The number of nitrogens with one attached hydrogen (secondary N) is 1. The number of methoxy groups -OCH3 is 1. The second-order valence-electron chi connectivity index (χ2n) is 4.49. The molecule has 0 radical (unpaired) electrons. The zero-order chi connectivity index (χ0) is 13.5. The Morgan fingerprint density at radius 1 is 1.42 bits per heavy atom. The number of imidazole rings is 1. The molecule has 2 heterocycles. The molecule has 19 heavy (non-hydrogen) atoms. The van der Waals surface area contributed by atoms with Crippen LogP contribution >= 0.6 is 0 Å². The number of rotatable bonds is 8. The van der Waals surface area contributed by atoms with Gasteiger partial charge in [0.1, 0.15) is 0 Å². The summed E-state index contributed by atoms with van der Waals surface area (Å²) < 4.78 is 8.97. The quantitative estimate of drug-likeness (QED) is 0.730. The van der Waals surface area contributed by atoms with E-state index in [0.29, 0.717) is 0 Å². The van der Waals surface area contributed by atoms with Gasteiger partial charge in [0.25, 0.3) is 0 Å². The second kappa shape index (κ2) is 6.94. The van der Waals surface area contributed by atoms with Gasteiger partial charge in [-0.2, -0.15) is 5.10 Å².